The molecular formula is C11H16N4O5P+. The second-order valence-electron chi connectivity index (χ2n) is 4.44. The van der Waals surface area contributed by atoms with Crippen LogP contribution in [0.1, 0.15) is 19.8 Å². The molecule has 9 nitrogen and oxygen atoms in total. The van der Waals surface area contributed by atoms with Gasteiger partial charge in [-0.25, -0.2) is 9.78 Å². The normalized spacial score (nSPS) is 11.9. The summed E-state index contributed by atoms with van der Waals surface area (Å²) in [6.45, 7) is 2.28. The van der Waals surface area contributed by atoms with Crippen LogP contribution in [0.25, 0.3) is 11.2 Å². The number of fused-ring (bicyclic) bond motifs is 1. The van der Waals surface area contributed by atoms with Crippen LogP contribution in [0.5, 0.6) is 0 Å². The summed E-state index contributed by atoms with van der Waals surface area (Å²) in [5, 5.41) is 0. The second-order valence-corrected chi connectivity index (χ2v) is 5.31. The van der Waals surface area contributed by atoms with E-state index in [2.05, 4.69) is 4.98 Å². The van der Waals surface area contributed by atoms with Gasteiger partial charge in [-0.2, -0.15) is 0 Å². The van der Waals surface area contributed by atoms with Crippen molar-refractivity contribution in [3.8, 4) is 0 Å². The van der Waals surface area contributed by atoms with Gasteiger partial charge < -0.3 is 0 Å². The van der Waals surface area contributed by atoms with Crippen LogP contribution in [0, 0.1) is 0 Å². The lowest BCUT2D eigenvalue weighted by Gasteiger charge is -2.02. The van der Waals surface area contributed by atoms with Gasteiger partial charge in [0.2, 0.25) is 0 Å². The monoisotopic (exact) mass is 315 g/mol. The highest BCUT2D eigenvalue weighted by Gasteiger charge is 2.26. The van der Waals surface area contributed by atoms with Gasteiger partial charge in [-0.05, 0) is 6.42 Å². The molecule has 1 atom stereocenters. The molecule has 0 aromatic carbocycles. The zero-order chi connectivity index (χ0) is 15.6. The van der Waals surface area contributed by atoms with E-state index in [-0.39, 0.29) is 11.2 Å². The van der Waals surface area contributed by atoms with Crippen molar-refractivity contribution in [3.05, 3.63) is 27.2 Å². The van der Waals surface area contributed by atoms with Crippen LogP contribution < -0.4 is 15.9 Å². The molecule has 0 spiro atoms. The Bertz CT molecular complexity index is 790. The number of imidazole rings is 1. The Morgan fingerprint density at radius 2 is 2.00 bits per heavy atom. The third-order valence-corrected chi connectivity index (χ3v) is 3.67. The topological polar surface area (TPSA) is 97.3 Å². The van der Waals surface area contributed by atoms with Crippen LogP contribution in [-0.2, 0) is 23.2 Å². The molecule has 2 rings (SSSR count). The van der Waals surface area contributed by atoms with E-state index < -0.39 is 19.5 Å². The van der Waals surface area contributed by atoms with Crippen molar-refractivity contribution in [1.82, 2.24) is 18.8 Å². The molecule has 10 heteroatoms. The van der Waals surface area contributed by atoms with E-state index in [1.807, 2.05) is 6.92 Å². The number of aryl methyl sites for hydroxylation is 1. The van der Waals surface area contributed by atoms with E-state index in [0.29, 0.717) is 6.61 Å². The minimum Gasteiger partial charge on any atom is -0.279 e. The first-order valence-corrected chi connectivity index (χ1v) is 7.48. The third kappa shape index (κ3) is 2.88. The van der Waals surface area contributed by atoms with E-state index in [1.54, 1.807) is 0 Å². The molecule has 114 valence electrons. The number of aromatic nitrogens is 4. The highest BCUT2D eigenvalue weighted by molar-refractivity contribution is 7.33. The molecular weight excluding hydrogens is 299 g/mol. The number of hydrogen-bond acceptors (Lipinski definition) is 6. The molecule has 0 fully saturated rings. The van der Waals surface area contributed by atoms with Gasteiger partial charge in [0, 0.05) is 18.7 Å². The zero-order valence-corrected chi connectivity index (χ0v) is 12.9. The Kier molecular flexibility index (Phi) is 4.54. The standard InChI is InChI=1S/C11H16N4O5P/c1-4-5-6-19-21(18)20-15-7-12-9-8(15)10(16)14(3)11(17)13(9)2/h7H,4-6H2,1-3H3/q+1. The largest absolute Gasteiger partial charge is 0.771 e. The first-order valence-electron chi connectivity index (χ1n) is 6.39. The number of hydrogen-bond donors (Lipinski definition) is 0. The third-order valence-electron chi connectivity index (χ3n) is 2.97. The first kappa shape index (κ1) is 15.4. The molecule has 2 aromatic heterocycles. The quantitative estimate of drug-likeness (QED) is 0.563. The van der Waals surface area contributed by atoms with Crippen LogP contribution in [0.2, 0.25) is 0 Å². The summed E-state index contributed by atoms with van der Waals surface area (Å²) in [5.74, 6) is 0. The van der Waals surface area contributed by atoms with Gasteiger partial charge in [-0.15, -0.1) is 13.9 Å². The minimum atomic E-state index is -2.42. The Morgan fingerprint density at radius 3 is 2.67 bits per heavy atom. The molecule has 0 amide bonds. The van der Waals surface area contributed by atoms with Crippen molar-refractivity contribution in [3.63, 3.8) is 0 Å². The fourth-order valence-electron chi connectivity index (χ4n) is 1.76. The molecule has 0 bridgehead atoms. The summed E-state index contributed by atoms with van der Waals surface area (Å²) in [6.07, 6.45) is 2.84. The number of rotatable bonds is 6. The Morgan fingerprint density at radius 1 is 1.29 bits per heavy atom. The average molecular weight is 315 g/mol. The fraction of sp³-hybridized carbons (Fsp3) is 0.545. The smallest absolute Gasteiger partial charge is 0.279 e. The van der Waals surface area contributed by atoms with E-state index in [4.69, 9.17) is 9.15 Å². The predicted octanol–water partition coefficient (Wildman–Crippen LogP) is 0.336. The molecule has 0 aliphatic heterocycles. The van der Waals surface area contributed by atoms with Gasteiger partial charge in [0.25, 0.3) is 5.56 Å². The fourth-order valence-corrected chi connectivity index (χ4v) is 2.35. The van der Waals surface area contributed by atoms with E-state index >= 15 is 0 Å². The highest BCUT2D eigenvalue weighted by atomic mass is 31.1. The molecule has 0 saturated carbocycles. The number of unbranched alkanes of at least 4 members (excludes halogenated alkanes) is 1. The average Bonchev–Trinajstić information content (AvgIpc) is 2.87. The Balaban J connectivity index is 2.37. The second kappa shape index (κ2) is 6.19. The van der Waals surface area contributed by atoms with E-state index in [0.717, 1.165) is 22.1 Å². The van der Waals surface area contributed by atoms with Gasteiger partial charge >= 0.3 is 13.9 Å². The molecule has 0 saturated heterocycles. The van der Waals surface area contributed by atoms with Gasteiger partial charge in [-0.3, -0.25) is 13.9 Å². The van der Waals surface area contributed by atoms with Gasteiger partial charge in [-0.1, -0.05) is 13.3 Å². The minimum absolute atomic E-state index is 0.0297. The maximum Gasteiger partial charge on any atom is 0.771 e. The Hall–Kier alpha value is -1.99. The van der Waals surface area contributed by atoms with E-state index in [1.165, 1.54) is 25.0 Å². The summed E-state index contributed by atoms with van der Waals surface area (Å²) < 4.78 is 24.8. The lowest BCUT2D eigenvalue weighted by Crippen LogP contribution is -2.37. The van der Waals surface area contributed by atoms with Crippen molar-refractivity contribution >= 4 is 19.4 Å². The van der Waals surface area contributed by atoms with Crippen LogP contribution in [-0.4, -0.2) is 25.5 Å². The van der Waals surface area contributed by atoms with Crippen molar-refractivity contribution in [2.75, 3.05) is 6.61 Å². The van der Waals surface area contributed by atoms with Crippen molar-refractivity contribution < 1.29 is 13.7 Å². The summed E-state index contributed by atoms with van der Waals surface area (Å²) in [5.41, 5.74) is -0.897. The molecule has 2 heterocycles. The zero-order valence-electron chi connectivity index (χ0n) is 12.0. The van der Waals surface area contributed by atoms with Gasteiger partial charge in [0.05, 0.1) is 0 Å². The number of nitrogens with zero attached hydrogens (tertiary/aromatic N) is 4. The maximum absolute atomic E-state index is 12.1. The van der Waals surface area contributed by atoms with Gasteiger partial charge in [0.15, 0.2) is 11.2 Å². The summed E-state index contributed by atoms with van der Waals surface area (Å²) in [4.78, 5) is 27.8. The molecule has 1 unspecified atom stereocenters. The van der Waals surface area contributed by atoms with Crippen molar-refractivity contribution in [2.45, 2.75) is 19.8 Å². The van der Waals surface area contributed by atoms with Crippen molar-refractivity contribution in [1.29, 1.82) is 0 Å². The maximum atomic E-state index is 12.1. The lowest BCUT2D eigenvalue weighted by atomic mass is 10.4. The lowest BCUT2D eigenvalue weighted by molar-refractivity contribution is 0.211. The van der Waals surface area contributed by atoms with Crippen LogP contribution >= 0.6 is 8.25 Å². The molecule has 21 heavy (non-hydrogen) atoms. The van der Waals surface area contributed by atoms with Crippen LogP contribution in [0.3, 0.4) is 0 Å². The molecule has 2 aromatic rings. The highest BCUT2D eigenvalue weighted by Crippen LogP contribution is 2.21. The summed E-state index contributed by atoms with van der Waals surface area (Å²) >= 11 is 0. The molecule has 0 N–H and O–H groups in total. The predicted molar refractivity (Wildman–Crippen MR) is 75.3 cm³/mol. The molecule has 0 aliphatic rings. The van der Waals surface area contributed by atoms with Crippen molar-refractivity contribution in [2.24, 2.45) is 14.1 Å². The molecule has 0 aliphatic carbocycles. The van der Waals surface area contributed by atoms with Crippen LogP contribution in [0.15, 0.2) is 15.9 Å². The van der Waals surface area contributed by atoms with Gasteiger partial charge in [0.1, 0.15) is 12.9 Å². The SMILES string of the molecule is CCCCO[P+](=O)On1cnc2c1c(=O)n(C)c(=O)n2C. The first-order chi connectivity index (χ1) is 9.97. The summed E-state index contributed by atoms with van der Waals surface area (Å²) in [7, 11) is 0.414. The van der Waals surface area contributed by atoms with E-state index in [9.17, 15) is 14.2 Å². The Labute approximate surface area is 120 Å². The van der Waals surface area contributed by atoms with Crippen LogP contribution in [0.4, 0.5) is 0 Å². The summed E-state index contributed by atoms with van der Waals surface area (Å²) in [6, 6.07) is 0. The molecule has 0 radical (unpaired) electrons.